The predicted octanol–water partition coefficient (Wildman–Crippen LogP) is 3.26. The number of fused-ring (bicyclic) bond motifs is 1. The van der Waals surface area contributed by atoms with Crippen LogP contribution in [0.1, 0.15) is 11.3 Å². The fourth-order valence-electron chi connectivity index (χ4n) is 2.43. The SMILES string of the molecule is Cc1cc(OCC(=O)Nc2cnc3c(c2)c(C)nn3C)ccc1Cl. The fraction of sp³-hybridized carbons (Fsp3) is 0.235. The van der Waals surface area contributed by atoms with Crippen molar-refractivity contribution in [3.63, 3.8) is 0 Å². The van der Waals surface area contributed by atoms with Crippen molar-refractivity contribution in [2.24, 2.45) is 7.05 Å². The number of carbonyl (C=O) groups excluding carboxylic acids is 1. The highest BCUT2D eigenvalue weighted by Gasteiger charge is 2.09. The molecule has 3 aromatic rings. The summed E-state index contributed by atoms with van der Waals surface area (Å²) < 4.78 is 7.19. The van der Waals surface area contributed by atoms with Crippen molar-refractivity contribution in [2.45, 2.75) is 13.8 Å². The molecule has 0 aliphatic carbocycles. The maximum Gasteiger partial charge on any atom is 0.262 e. The van der Waals surface area contributed by atoms with Gasteiger partial charge in [-0.15, -0.1) is 0 Å². The third-order valence-corrected chi connectivity index (χ3v) is 4.07. The van der Waals surface area contributed by atoms with Crippen LogP contribution < -0.4 is 10.1 Å². The van der Waals surface area contributed by atoms with Gasteiger partial charge < -0.3 is 10.1 Å². The smallest absolute Gasteiger partial charge is 0.262 e. The van der Waals surface area contributed by atoms with Gasteiger partial charge in [0.25, 0.3) is 5.91 Å². The molecule has 0 aliphatic rings. The molecule has 0 unspecified atom stereocenters. The number of pyridine rings is 1. The van der Waals surface area contributed by atoms with Crippen LogP contribution in [0.15, 0.2) is 30.5 Å². The van der Waals surface area contributed by atoms with Crippen LogP contribution in [0.3, 0.4) is 0 Å². The first-order valence-electron chi connectivity index (χ1n) is 7.42. The maximum atomic E-state index is 12.1. The van der Waals surface area contributed by atoms with E-state index in [9.17, 15) is 4.79 Å². The molecule has 6 nitrogen and oxygen atoms in total. The van der Waals surface area contributed by atoms with Crippen molar-refractivity contribution >= 4 is 34.2 Å². The Hall–Kier alpha value is -2.60. The first kappa shape index (κ1) is 16.3. The van der Waals surface area contributed by atoms with Crippen LogP contribution in [0.25, 0.3) is 11.0 Å². The van der Waals surface area contributed by atoms with E-state index in [0.717, 1.165) is 22.3 Å². The molecule has 2 aromatic heterocycles. The number of nitrogens with one attached hydrogen (secondary N) is 1. The van der Waals surface area contributed by atoms with E-state index in [2.05, 4.69) is 15.4 Å². The summed E-state index contributed by atoms with van der Waals surface area (Å²) >= 11 is 5.96. The highest BCUT2D eigenvalue weighted by atomic mass is 35.5. The number of amides is 1. The van der Waals surface area contributed by atoms with Gasteiger partial charge in [-0.05, 0) is 43.7 Å². The van der Waals surface area contributed by atoms with E-state index in [0.29, 0.717) is 16.5 Å². The maximum absolute atomic E-state index is 12.1. The van der Waals surface area contributed by atoms with Crippen LogP contribution in [0.5, 0.6) is 5.75 Å². The third kappa shape index (κ3) is 3.33. The number of aromatic nitrogens is 3. The lowest BCUT2D eigenvalue weighted by Gasteiger charge is -2.08. The average Bonchev–Trinajstić information content (AvgIpc) is 2.83. The number of carbonyl (C=O) groups is 1. The highest BCUT2D eigenvalue weighted by molar-refractivity contribution is 6.31. The number of aryl methyl sites for hydroxylation is 3. The Morgan fingerprint density at radius 2 is 2.12 bits per heavy atom. The number of anilines is 1. The van der Waals surface area contributed by atoms with E-state index in [-0.39, 0.29) is 12.5 Å². The molecule has 0 atom stereocenters. The predicted molar refractivity (Wildman–Crippen MR) is 93.6 cm³/mol. The summed E-state index contributed by atoms with van der Waals surface area (Å²) in [6.45, 7) is 3.69. The van der Waals surface area contributed by atoms with Crippen molar-refractivity contribution < 1.29 is 9.53 Å². The van der Waals surface area contributed by atoms with Gasteiger partial charge in [0.1, 0.15) is 5.75 Å². The molecular formula is C17H17ClN4O2. The lowest BCUT2D eigenvalue weighted by atomic mass is 10.2. The molecule has 1 amide bonds. The van der Waals surface area contributed by atoms with Crippen LogP contribution in [0.4, 0.5) is 5.69 Å². The Labute approximate surface area is 144 Å². The van der Waals surface area contributed by atoms with E-state index >= 15 is 0 Å². The van der Waals surface area contributed by atoms with Gasteiger partial charge in [-0.2, -0.15) is 5.10 Å². The second-order valence-corrected chi connectivity index (χ2v) is 5.96. The topological polar surface area (TPSA) is 69.0 Å². The van der Waals surface area contributed by atoms with Gasteiger partial charge in [-0.1, -0.05) is 11.6 Å². The van der Waals surface area contributed by atoms with Crippen LogP contribution in [0.2, 0.25) is 5.02 Å². The van der Waals surface area contributed by atoms with Gasteiger partial charge in [-0.25, -0.2) is 4.98 Å². The zero-order chi connectivity index (χ0) is 17.3. The standard InChI is InChI=1S/C17H17ClN4O2/c1-10-6-13(4-5-15(10)18)24-9-16(23)20-12-7-14-11(2)21-22(3)17(14)19-8-12/h4-8H,9H2,1-3H3,(H,20,23). The zero-order valence-electron chi connectivity index (χ0n) is 13.6. The molecule has 3 rings (SSSR count). The number of hydrogen-bond donors (Lipinski definition) is 1. The van der Waals surface area contributed by atoms with Crippen molar-refractivity contribution in [1.29, 1.82) is 0 Å². The molecule has 24 heavy (non-hydrogen) atoms. The summed E-state index contributed by atoms with van der Waals surface area (Å²) in [4.78, 5) is 16.4. The molecule has 1 aromatic carbocycles. The second-order valence-electron chi connectivity index (χ2n) is 5.55. The first-order chi connectivity index (χ1) is 11.4. The number of rotatable bonds is 4. The van der Waals surface area contributed by atoms with Crippen molar-refractivity contribution in [3.8, 4) is 5.75 Å². The number of ether oxygens (including phenoxy) is 1. The molecule has 0 radical (unpaired) electrons. The molecule has 0 aliphatic heterocycles. The Balaban J connectivity index is 1.66. The lowest BCUT2D eigenvalue weighted by Crippen LogP contribution is -2.20. The number of hydrogen-bond acceptors (Lipinski definition) is 4. The lowest BCUT2D eigenvalue weighted by molar-refractivity contribution is -0.118. The minimum atomic E-state index is -0.259. The first-order valence-corrected chi connectivity index (χ1v) is 7.80. The van der Waals surface area contributed by atoms with E-state index < -0.39 is 0 Å². The number of benzene rings is 1. The summed E-state index contributed by atoms with van der Waals surface area (Å²) in [7, 11) is 1.84. The minimum Gasteiger partial charge on any atom is -0.484 e. The molecule has 0 saturated heterocycles. The molecular weight excluding hydrogens is 328 g/mol. The summed E-state index contributed by atoms with van der Waals surface area (Å²) in [6.07, 6.45) is 1.60. The van der Waals surface area contributed by atoms with Crippen molar-refractivity contribution in [1.82, 2.24) is 14.8 Å². The number of halogens is 1. The van der Waals surface area contributed by atoms with Gasteiger partial charge in [0.2, 0.25) is 0 Å². The largest absolute Gasteiger partial charge is 0.484 e. The van der Waals surface area contributed by atoms with E-state index in [1.807, 2.05) is 27.0 Å². The molecule has 0 saturated carbocycles. The summed E-state index contributed by atoms with van der Waals surface area (Å²) in [5, 5.41) is 8.66. The Bertz CT molecular complexity index is 920. The van der Waals surface area contributed by atoms with E-state index in [1.54, 1.807) is 29.1 Å². The van der Waals surface area contributed by atoms with Gasteiger partial charge >= 0.3 is 0 Å². The normalized spacial score (nSPS) is 10.8. The molecule has 7 heteroatoms. The number of nitrogens with zero attached hydrogens (tertiary/aromatic N) is 3. The molecule has 0 spiro atoms. The van der Waals surface area contributed by atoms with Gasteiger partial charge in [0.05, 0.1) is 17.6 Å². The van der Waals surface area contributed by atoms with Crippen LogP contribution in [-0.2, 0) is 11.8 Å². The van der Waals surface area contributed by atoms with Crippen molar-refractivity contribution in [3.05, 3.63) is 46.7 Å². The third-order valence-electron chi connectivity index (χ3n) is 3.65. The van der Waals surface area contributed by atoms with Gasteiger partial charge in [0, 0.05) is 17.5 Å². The Kier molecular flexibility index (Phi) is 4.40. The Morgan fingerprint density at radius 1 is 1.33 bits per heavy atom. The fourth-order valence-corrected chi connectivity index (χ4v) is 2.55. The second kappa shape index (κ2) is 6.49. The monoisotopic (exact) mass is 344 g/mol. The molecule has 124 valence electrons. The van der Waals surface area contributed by atoms with E-state index in [1.165, 1.54) is 0 Å². The van der Waals surface area contributed by atoms with Crippen LogP contribution in [-0.4, -0.2) is 27.3 Å². The zero-order valence-corrected chi connectivity index (χ0v) is 14.4. The van der Waals surface area contributed by atoms with Gasteiger partial charge in [-0.3, -0.25) is 9.48 Å². The quantitative estimate of drug-likeness (QED) is 0.788. The molecule has 0 fully saturated rings. The Morgan fingerprint density at radius 3 is 2.88 bits per heavy atom. The summed E-state index contributed by atoms with van der Waals surface area (Å²) in [5.41, 5.74) is 3.15. The van der Waals surface area contributed by atoms with E-state index in [4.69, 9.17) is 16.3 Å². The van der Waals surface area contributed by atoms with Gasteiger partial charge in [0.15, 0.2) is 12.3 Å². The minimum absolute atomic E-state index is 0.0921. The van der Waals surface area contributed by atoms with Crippen molar-refractivity contribution in [2.75, 3.05) is 11.9 Å². The summed E-state index contributed by atoms with van der Waals surface area (Å²) in [6, 6.07) is 7.12. The molecule has 2 heterocycles. The average molecular weight is 345 g/mol. The van der Waals surface area contributed by atoms with Crippen LogP contribution in [0, 0.1) is 13.8 Å². The van der Waals surface area contributed by atoms with Crippen LogP contribution >= 0.6 is 11.6 Å². The molecule has 1 N–H and O–H groups in total. The molecule has 0 bridgehead atoms. The summed E-state index contributed by atoms with van der Waals surface area (Å²) in [5.74, 6) is 0.342. The highest BCUT2D eigenvalue weighted by Crippen LogP contribution is 2.21.